The first-order valence-corrected chi connectivity index (χ1v) is 8.86. The van der Waals surface area contributed by atoms with Crippen molar-refractivity contribution in [3.63, 3.8) is 0 Å². The Morgan fingerprint density at radius 3 is 2.79 bits per heavy atom. The SMILES string of the molecule is CC(C)c1ccc2nc(NC(=O)/C=C/c3ccccc3Cl)sc2c1. The Hall–Kier alpha value is -2.17. The summed E-state index contributed by atoms with van der Waals surface area (Å²) in [6.45, 7) is 4.31. The first-order valence-electron chi connectivity index (χ1n) is 7.67. The highest BCUT2D eigenvalue weighted by molar-refractivity contribution is 7.22. The molecule has 0 aliphatic rings. The topological polar surface area (TPSA) is 42.0 Å². The van der Waals surface area contributed by atoms with Gasteiger partial charge in [0, 0.05) is 11.1 Å². The van der Waals surface area contributed by atoms with Crippen LogP contribution >= 0.6 is 22.9 Å². The van der Waals surface area contributed by atoms with Crippen LogP contribution in [-0.4, -0.2) is 10.9 Å². The van der Waals surface area contributed by atoms with E-state index in [0.717, 1.165) is 15.8 Å². The first kappa shape index (κ1) is 16.7. The molecule has 24 heavy (non-hydrogen) atoms. The van der Waals surface area contributed by atoms with Crippen molar-refractivity contribution in [3.05, 3.63) is 64.7 Å². The molecule has 0 saturated heterocycles. The number of nitrogens with zero attached hydrogens (tertiary/aromatic N) is 1. The van der Waals surface area contributed by atoms with Crippen LogP contribution in [0.3, 0.4) is 0 Å². The number of nitrogens with one attached hydrogen (secondary N) is 1. The molecule has 5 heteroatoms. The standard InChI is InChI=1S/C19H17ClN2OS/c1-12(2)14-7-9-16-17(11-14)24-19(21-16)22-18(23)10-8-13-5-3-4-6-15(13)20/h3-12H,1-2H3,(H,21,22,23)/b10-8+. The second-order valence-electron chi connectivity index (χ2n) is 5.74. The molecule has 0 bridgehead atoms. The van der Waals surface area contributed by atoms with Gasteiger partial charge in [-0.3, -0.25) is 10.1 Å². The van der Waals surface area contributed by atoms with Crippen LogP contribution in [0.1, 0.15) is 30.9 Å². The van der Waals surface area contributed by atoms with E-state index >= 15 is 0 Å². The molecule has 0 atom stereocenters. The number of carbonyl (C=O) groups excluding carboxylic acids is 1. The van der Waals surface area contributed by atoms with Crippen molar-refractivity contribution >= 4 is 50.3 Å². The second-order valence-corrected chi connectivity index (χ2v) is 7.18. The highest BCUT2D eigenvalue weighted by Gasteiger charge is 2.08. The van der Waals surface area contributed by atoms with Crippen LogP contribution in [0, 0.1) is 0 Å². The monoisotopic (exact) mass is 356 g/mol. The molecule has 2 aromatic carbocycles. The van der Waals surface area contributed by atoms with Crippen molar-refractivity contribution in [3.8, 4) is 0 Å². The molecule has 1 aromatic heterocycles. The summed E-state index contributed by atoms with van der Waals surface area (Å²) in [5, 5.41) is 4.02. The summed E-state index contributed by atoms with van der Waals surface area (Å²) < 4.78 is 1.08. The summed E-state index contributed by atoms with van der Waals surface area (Å²) >= 11 is 7.55. The van der Waals surface area contributed by atoms with E-state index in [2.05, 4.69) is 36.3 Å². The molecule has 1 heterocycles. The lowest BCUT2D eigenvalue weighted by Crippen LogP contribution is -2.07. The Morgan fingerprint density at radius 1 is 1.25 bits per heavy atom. The quantitative estimate of drug-likeness (QED) is 0.607. The number of benzene rings is 2. The zero-order valence-corrected chi connectivity index (χ0v) is 15.0. The molecule has 0 unspecified atom stereocenters. The highest BCUT2D eigenvalue weighted by atomic mass is 35.5. The molecule has 3 nitrogen and oxygen atoms in total. The fraction of sp³-hybridized carbons (Fsp3) is 0.158. The lowest BCUT2D eigenvalue weighted by Gasteiger charge is -2.03. The fourth-order valence-corrected chi connectivity index (χ4v) is 3.39. The van der Waals surface area contributed by atoms with Gasteiger partial charge >= 0.3 is 0 Å². The predicted octanol–water partition coefficient (Wildman–Crippen LogP) is 5.73. The number of anilines is 1. The van der Waals surface area contributed by atoms with Crippen LogP contribution in [0.25, 0.3) is 16.3 Å². The maximum absolute atomic E-state index is 12.1. The molecule has 3 aromatic rings. The molecule has 0 spiro atoms. The summed E-state index contributed by atoms with van der Waals surface area (Å²) in [5.41, 5.74) is 2.97. The fourth-order valence-electron chi connectivity index (χ4n) is 2.28. The maximum Gasteiger partial charge on any atom is 0.250 e. The van der Waals surface area contributed by atoms with E-state index in [1.165, 1.54) is 23.0 Å². The van der Waals surface area contributed by atoms with Crippen LogP contribution in [0.2, 0.25) is 5.02 Å². The number of hydrogen-bond acceptors (Lipinski definition) is 3. The molecule has 0 saturated carbocycles. The van der Waals surface area contributed by atoms with Crippen molar-refractivity contribution in [1.82, 2.24) is 4.98 Å². The highest BCUT2D eigenvalue weighted by Crippen LogP contribution is 2.29. The van der Waals surface area contributed by atoms with E-state index in [9.17, 15) is 4.79 Å². The molecule has 122 valence electrons. The van der Waals surface area contributed by atoms with E-state index in [1.807, 2.05) is 24.3 Å². The Morgan fingerprint density at radius 2 is 2.04 bits per heavy atom. The molecule has 0 radical (unpaired) electrons. The second kappa shape index (κ2) is 7.16. The third kappa shape index (κ3) is 3.83. The predicted molar refractivity (Wildman–Crippen MR) is 103 cm³/mol. The minimum Gasteiger partial charge on any atom is -0.298 e. The molecule has 0 aliphatic carbocycles. The lowest BCUT2D eigenvalue weighted by atomic mass is 10.0. The van der Waals surface area contributed by atoms with E-state index in [0.29, 0.717) is 16.1 Å². The van der Waals surface area contributed by atoms with Gasteiger partial charge < -0.3 is 0 Å². The number of thiazole rings is 1. The van der Waals surface area contributed by atoms with Gasteiger partial charge in [-0.25, -0.2) is 4.98 Å². The zero-order chi connectivity index (χ0) is 17.1. The largest absolute Gasteiger partial charge is 0.298 e. The number of fused-ring (bicyclic) bond motifs is 1. The Bertz CT molecular complexity index is 915. The van der Waals surface area contributed by atoms with Gasteiger partial charge in [-0.15, -0.1) is 0 Å². The van der Waals surface area contributed by atoms with E-state index in [-0.39, 0.29) is 5.91 Å². The molecule has 3 rings (SSSR count). The van der Waals surface area contributed by atoms with E-state index in [1.54, 1.807) is 12.1 Å². The number of aromatic nitrogens is 1. The van der Waals surface area contributed by atoms with Gasteiger partial charge in [-0.05, 0) is 41.3 Å². The number of rotatable bonds is 4. The number of halogens is 1. The Kier molecular flexibility index (Phi) is 4.97. The molecule has 0 aliphatic heterocycles. The lowest BCUT2D eigenvalue weighted by molar-refractivity contribution is -0.111. The summed E-state index contributed by atoms with van der Waals surface area (Å²) in [4.78, 5) is 16.5. The van der Waals surface area contributed by atoms with Crippen molar-refractivity contribution in [1.29, 1.82) is 0 Å². The van der Waals surface area contributed by atoms with Crippen molar-refractivity contribution < 1.29 is 4.79 Å². The third-order valence-corrected chi connectivity index (χ3v) is 4.91. The zero-order valence-electron chi connectivity index (χ0n) is 13.4. The minimum atomic E-state index is -0.224. The van der Waals surface area contributed by atoms with Gasteiger partial charge in [0.05, 0.1) is 10.2 Å². The summed E-state index contributed by atoms with van der Waals surface area (Å²) in [5.74, 6) is 0.242. The third-order valence-electron chi connectivity index (χ3n) is 3.63. The van der Waals surface area contributed by atoms with Gasteiger partial charge in [0.1, 0.15) is 0 Å². The van der Waals surface area contributed by atoms with Crippen LogP contribution in [0.5, 0.6) is 0 Å². The van der Waals surface area contributed by atoms with Crippen molar-refractivity contribution in [2.45, 2.75) is 19.8 Å². The summed E-state index contributed by atoms with van der Waals surface area (Å²) in [6, 6.07) is 13.6. The van der Waals surface area contributed by atoms with Crippen LogP contribution in [0.4, 0.5) is 5.13 Å². The van der Waals surface area contributed by atoms with Crippen LogP contribution < -0.4 is 5.32 Å². The van der Waals surface area contributed by atoms with Crippen molar-refractivity contribution in [2.75, 3.05) is 5.32 Å². The molecule has 0 fully saturated rings. The number of carbonyl (C=O) groups is 1. The van der Waals surface area contributed by atoms with Gasteiger partial charge in [0.15, 0.2) is 5.13 Å². The number of amides is 1. The molecular weight excluding hydrogens is 340 g/mol. The summed E-state index contributed by atoms with van der Waals surface area (Å²) in [6.07, 6.45) is 3.16. The normalized spacial score (nSPS) is 11.5. The van der Waals surface area contributed by atoms with Crippen molar-refractivity contribution in [2.24, 2.45) is 0 Å². The molecule has 1 N–H and O–H groups in total. The van der Waals surface area contributed by atoms with Gasteiger partial charge in [-0.1, -0.05) is 61.1 Å². The van der Waals surface area contributed by atoms with Crippen LogP contribution in [-0.2, 0) is 4.79 Å². The van der Waals surface area contributed by atoms with Gasteiger partial charge in [0.25, 0.3) is 0 Å². The van der Waals surface area contributed by atoms with Crippen LogP contribution in [0.15, 0.2) is 48.5 Å². The average Bonchev–Trinajstić information content (AvgIpc) is 2.95. The molecule has 1 amide bonds. The Labute approximate surface area is 150 Å². The van der Waals surface area contributed by atoms with Gasteiger partial charge in [0.2, 0.25) is 5.91 Å². The summed E-state index contributed by atoms with van der Waals surface area (Å²) in [7, 11) is 0. The maximum atomic E-state index is 12.1. The molecular formula is C19H17ClN2OS. The van der Waals surface area contributed by atoms with Gasteiger partial charge in [-0.2, -0.15) is 0 Å². The van der Waals surface area contributed by atoms with E-state index in [4.69, 9.17) is 11.6 Å². The minimum absolute atomic E-state index is 0.224. The smallest absolute Gasteiger partial charge is 0.250 e. The average molecular weight is 357 g/mol. The van der Waals surface area contributed by atoms with E-state index < -0.39 is 0 Å². The number of hydrogen-bond donors (Lipinski definition) is 1. The first-order chi connectivity index (χ1) is 11.5. The Balaban J connectivity index is 1.74.